The van der Waals surface area contributed by atoms with Gasteiger partial charge in [-0.05, 0) is 48.3 Å². The zero-order chi connectivity index (χ0) is 28.2. The summed E-state index contributed by atoms with van der Waals surface area (Å²) in [6, 6.07) is 6.49. The normalized spacial score (nSPS) is 16.8. The van der Waals surface area contributed by atoms with Crippen LogP contribution in [0.25, 0.3) is 22.2 Å². The predicted molar refractivity (Wildman–Crippen MR) is 156 cm³/mol. The van der Waals surface area contributed by atoms with Crippen LogP contribution >= 0.6 is 0 Å². The number of aryl methyl sites for hydroxylation is 2. The molecule has 5 heterocycles. The van der Waals surface area contributed by atoms with Crippen molar-refractivity contribution in [2.45, 2.75) is 53.0 Å². The van der Waals surface area contributed by atoms with E-state index in [4.69, 9.17) is 5.73 Å². The molecule has 40 heavy (non-hydrogen) atoms. The quantitative estimate of drug-likeness (QED) is 0.384. The van der Waals surface area contributed by atoms with Crippen molar-refractivity contribution in [3.63, 3.8) is 0 Å². The number of fused-ring (bicyclic) bond motifs is 2. The van der Waals surface area contributed by atoms with Crippen molar-refractivity contribution in [2.24, 2.45) is 12.5 Å². The van der Waals surface area contributed by atoms with Gasteiger partial charge < -0.3 is 20.6 Å². The Morgan fingerprint density at radius 1 is 1.10 bits per heavy atom. The summed E-state index contributed by atoms with van der Waals surface area (Å²) in [4.78, 5) is 30.1. The lowest BCUT2D eigenvalue weighted by molar-refractivity contribution is -0.136. The van der Waals surface area contributed by atoms with Crippen LogP contribution in [0.1, 0.15) is 49.1 Å². The first-order chi connectivity index (χ1) is 19.1. The highest BCUT2D eigenvalue weighted by atomic mass is 16.4. The van der Waals surface area contributed by atoms with Crippen molar-refractivity contribution < 1.29 is 9.90 Å². The van der Waals surface area contributed by atoms with E-state index in [1.54, 1.807) is 11.0 Å². The number of aliphatic carboxylic acids is 1. The van der Waals surface area contributed by atoms with Crippen LogP contribution in [0.15, 0.2) is 30.7 Å². The van der Waals surface area contributed by atoms with Crippen LogP contribution in [0.2, 0.25) is 0 Å². The monoisotopic (exact) mass is 540 g/mol. The molecule has 10 nitrogen and oxygen atoms in total. The Bertz CT molecular complexity index is 1620. The summed E-state index contributed by atoms with van der Waals surface area (Å²) < 4.78 is 1.77. The van der Waals surface area contributed by atoms with Gasteiger partial charge >= 0.3 is 5.97 Å². The van der Waals surface area contributed by atoms with Crippen LogP contribution in [0.4, 0.5) is 17.3 Å². The van der Waals surface area contributed by atoms with Gasteiger partial charge in [0.05, 0.1) is 23.7 Å². The van der Waals surface area contributed by atoms with E-state index in [0.29, 0.717) is 11.5 Å². The van der Waals surface area contributed by atoms with Gasteiger partial charge in [0.15, 0.2) is 5.65 Å². The fourth-order valence-electron chi connectivity index (χ4n) is 6.17. The maximum atomic E-state index is 11.9. The van der Waals surface area contributed by atoms with E-state index in [2.05, 4.69) is 61.9 Å². The first-order valence-corrected chi connectivity index (χ1v) is 13.9. The van der Waals surface area contributed by atoms with Gasteiger partial charge in [-0.1, -0.05) is 32.0 Å². The van der Waals surface area contributed by atoms with E-state index in [-0.39, 0.29) is 11.8 Å². The molecule has 2 aliphatic rings. The lowest BCUT2D eigenvalue weighted by Crippen LogP contribution is -2.38. The molecule has 0 spiro atoms. The van der Waals surface area contributed by atoms with Crippen molar-refractivity contribution in [1.29, 1.82) is 0 Å². The third-order valence-electron chi connectivity index (χ3n) is 8.58. The van der Waals surface area contributed by atoms with Crippen LogP contribution in [-0.2, 0) is 31.2 Å². The predicted octanol–water partition coefficient (Wildman–Crippen LogP) is 4.13. The van der Waals surface area contributed by atoms with Crippen LogP contribution in [0.3, 0.4) is 0 Å². The molecule has 0 saturated carbocycles. The summed E-state index contributed by atoms with van der Waals surface area (Å²) in [5.41, 5.74) is 14.4. The van der Waals surface area contributed by atoms with Gasteiger partial charge in [-0.2, -0.15) is 5.10 Å². The van der Waals surface area contributed by atoms with Crippen molar-refractivity contribution in [2.75, 3.05) is 35.2 Å². The standard InChI is InChI=1S/C30H36N8O2/c1-18-22(14-24(39)40)26(37-11-8-30(2,3)9-12-37)25(27(31)35-18)20-5-6-21-16-38(10-7-19(21)13-20)29-23-15-34-36(4)28(23)32-17-33-29/h5-6,13,15,17H,7-12,14,16H2,1-4H3,(H2,31,35)(H,39,40). The molecule has 1 fully saturated rings. The lowest BCUT2D eigenvalue weighted by Gasteiger charge is -2.40. The van der Waals surface area contributed by atoms with Gasteiger partial charge in [0, 0.05) is 50.0 Å². The minimum absolute atomic E-state index is 0.0804. The van der Waals surface area contributed by atoms with Gasteiger partial charge in [-0.15, -0.1) is 0 Å². The van der Waals surface area contributed by atoms with E-state index >= 15 is 0 Å². The Hall–Kier alpha value is -4.21. The summed E-state index contributed by atoms with van der Waals surface area (Å²) in [5.74, 6) is 0.481. The topological polar surface area (TPSA) is 126 Å². The molecule has 10 heteroatoms. The first-order valence-electron chi connectivity index (χ1n) is 13.9. The Morgan fingerprint density at radius 3 is 2.62 bits per heavy atom. The molecule has 6 rings (SSSR count). The highest BCUT2D eigenvalue weighted by molar-refractivity contribution is 5.91. The summed E-state index contributed by atoms with van der Waals surface area (Å²) in [7, 11) is 1.89. The highest BCUT2D eigenvalue weighted by Gasteiger charge is 2.31. The Morgan fingerprint density at radius 2 is 1.88 bits per heavy atom. The molecule has 208 valence electrons. The molecule has 1 aromatic carbocycles. The number of carbonyl (C=O) groups is 1. The highest BCUT2D eigenvalue weighted by Crippen LogP contribution is 2.43. The summed E-state index contributed by atoms with van der Waals surface area (Å²) in [6.45, 7) is 9.72. The number of carboxylic acids is 1. The molecule has 0 aliphatic carbocycles. The third kappa shape index (κ3) is 4.61. The largest absolute Gasteiger partial charge is 0.481 e. The van der Waals surface area contributed by atoms with E-state index in [0.717, 1.165) is 84.7 Å². The fraction of sp³-hybridized carbons (Fsp3) is 0.433. The lowest BCUT2D eigenvalue weighted by atomic mass is 9.82. The van der Waals surface area contributed by atoms with E-state index < -0.39 is 5.97 Å². The molecule has 0 unspecified atom stereocenters. The van der Waals surface area contributed by atoms with Crippen molar-refractivity contribution in [1.82, 2.24) is 24.7 Å². The molecule has 0 bridgehead atoms. The van der Waals surface area contributed by atoms with Crippen LogP contribution in [-0.4, -0.2) is 55.4 Å². The molecule has 3 N–H and O–H groups in total. The third-order valence-corrected chi connectivity index (χ3v) is 8.58. The average Bonchev–Trinajstić information content (AvgIpc) is 3.30. The number of hydrogen-bond acceptors (Lipinski definition) is 8. The minimum atomic E-state index is -0.864. The van der Waals surface area contributed by atoms with Gasteiger partial charge in [0.25, 0.3) is 0 Å². The number of hydrogen-bond donors (Lipinski definition) is 2. The second-order valence-electron chi connectivity index (χ2n) is 11.9. The smallest absolute Gasteiger partial charge is 0.307 e. The molecule has 1 saturated heterocycles. The van der Waals surface area contributed by atoms with Crippen molar-refractivity contribution in [3.8, 4) is 11.1 Å². The number of benzene rings is 1. The molecule has 3 aromatic heterocycles. The maximum Gasteiger partial charge on any atom is 0.307 e. The number of piperidine rings is 1. The van der Waals surface area contributed by atoms with Crippen molar-refractivity contribution in [3.05, 3.63) is 53.1 Å². The first kappa shape index (κ1) is 26.0. The molecule has 4 aromatic rings. The second kappa shape index (κ2) is 9.76. The Balaban J connectivity index is 1.39. The number of nitrogens with two attached hydrogens (primary N) is 1. The Kier molecular flexibility index (Phi) is 6.35. The van der Waals surface area contributed by atoms with Crippen LogP contribution in [0, 0.1) is 12.3 Å². The number of anilines is 3. The van der Waals surface area contributed by atoms with Gasteiger partial charge in [-0.3, -0.25) is 9.48 Å². The molecule has 0 radical (unpaired) electrons. The number of nitrogen functional groups attached to an aromatic ring is 1. The van der Waals surface area contributed by atoms with Crippen LogP contribution in [0.5, 0.6) is 0 Å². The van der Waals surface area contributed by atoms with Crippen molar-refractivity contribution >= 4 is 34.3 Å². The fourth-order valence-corrected chi connectivity index (χ4v) is 6.17. The molecule has 0 amide bonds. The summed E-state index contributed by atoms with van der Waals surface area (Å²) >= 11 is 0. The Labute approximate surface area is 233 Å². The number of carboxylic acid groups (broad SMARTS) is 1. The van der Waals surface area contributed by atoms with Gasteiger partial charge in [-0.25, -0.2) is 15.0 Å². The number of rotatable bonds is 5. The number of pyridine rings is 1. The SMILES string of the molecule is Cc1nc(N)c(-c2ccc3c(c2)CCN(c2ncnc4c2cnn4C)C3)c(N2CCC(C)(C)CC2)c1CC(=O)O. The van der Waals surface area contributed by atoms with Gasteiger partial charge in [0.2, 0.25) is 0 Å². The average molecular weight is 541 g/mol. The van der Waals surface area contributed by atoms with E-state index in [1.165, 1.54) is 11.1 Å². The summed E-state index contributed by atoms with van der Waals surface area (Å²) in [5, 5.41) is 15.1. The molecular formula is C30H36N8O2. The van der Waals surface area contributed by atoms with Gasteiger partial charge in [0.1, 0.15) is 18.0 Å². The molecular weight excluding hydrogens is 504 g/mol. The number of aromatic nitrogens is 5. The van der Waals surface area contributed by atoms with E-state index in [9.17, 15) is 9.90 Å². The second-order valence-corrected chi connectivity index (χ2v) is 11.9. The molecule has 0 atom stereocenters. The zero-order valence-corrected chi connectivity index (χ0v) is 23.6. The zero-order valence-electron chi connectivity index (χ0n) is 23.6. The molecule has 2 aliphatic heterocycles. The summed E-state index contributed by atoms with van der Waals surface area (Å²) in [6.07, 6.45) is 6.27. The minimum Gasteiger partial charge on any atom is -0.481 e. The maximum absolute atomic E-state index is 11.9. The van der Waals surface area contributed by atoms with E-state index in [1.807, 2.05) is 20.2 Å². The van der Waals surface area contributed by atoms with Crippen LogP contribution < -0.4 is 15.5 Å². The number of nitrogens with zero attached hydrogens (tertiary/aromatic N) is 7.